The Morgan fingerprint density at radius 2 is 1.12 bits per heavy atom. The number of nitrogens with zero attached hydrogens (tertiary/aromatic N) is 2. The molecule has 0 radical (unpaired) electrons. The van der Waals surface area contributed by atoms with E-state index in [-0.39, 0.29) is 30.6 Å². The van der Waals surface area contributed by atoms with Crippen LogP contribution in [0, 0.1) is 26.2 Å². The molecule has 1 aliphatic heterocycles. The molecule has 0 N–H and O–H groups in total. The molecule has 2 aromatic carbocycles. The lowest BCUT2D eigenvalue weighted by molar-refractivity contribution is -0.193. The number of benzene rings is 2. The second-order valence-electron chi connectivity index (χ2n) is 9.06. The average Bonchev–Trinajstić information content (AvgIpc) is 3.73. The van der Waals surface area contributed by atoms with E-state index in [2.05, 4.69) is 68.5 Å². The Hall–Kier alpha value is -3.71. The SMILES string of the molecule is CC1(C)OB(c2cccs2)OC1(C)C.N#Cc1ccc(-c2cccs2)cc1.N#Cc1ccc(I)cc1.O=C=O.O=C=O. The molecule has 0 saturated carbocycles. The van der Waals surface area contributed by atoms with Gasteiger partial charge in [-0.2, -0.15) is 41.0 Å². The van der Waals surface area contributed by atoms with Crippen molar-refractivity contribution in [1.29, 1.82) is 10.5 Å². The molecule has 214 valence electrons. The maximum absolute atomic E-state index is 8.61. The Morgan fingerprint density at radius 3 is 1.50 bits per heavy atom. The van der Waals surface area contributed by atoms with E-state index < -0.39 is 0 Å². The lowest BCUT2D eigenvalue weighted by Crippen LogP contribution is -2.41. The Kier molecular flexibility index (Phi) is 16.1. The molecule has 12 heteroatoms. The number of carbonyl (C=O) groups excluding carboxylic acids is 4. The summed E-state index contributed by atoms with van der Waals surface area (Å²) in [5, 5.41) is 21.1. The van der Waals surface area contributed by atoms with Gasteiger partial charge in [0.15, 0.2) is 0 Å². The van der Waals surface area contributed by atoms with Crippen LogP contribution in [0.15, 0.2) is 83.6 Å². The van der Waals surface area contributed by atoms with Crippen molar-refractivity contribution in [3.8, 4) is 22.6 Å². The molecule has 0 amide bonds. The Bertz CT molecular complexity index is 1470. The van der Waals surface area contributed by atoms with Gasteiger partial charge in [0, 0.05) is 13.2 Å². The molecule has 3 heterocycles. The lowest BCUT2D eigenvalue weighted by Gasteiger charge is -2.32. The normalized spacial score (nSPS) is 13.2. The van der Waals surface area contributed by atoms with Gasteiger partial charge in [0.2, 0.25) is 0 Å². The molecule has 0 aliphatic carbocycles. The van der Waals surface area contributed by atoms with Gasteiger partial charge in [0.25, 0.3) is 0 Å². The molecule has 1 saturated heterocycles. The highest BCUT2D eigenvalue weighted by Crippen LogP contribution is 2.36. The third kappa shape index (κ3) is 12.0. The molecule has 0 spiro atoms. The van der Waals surface area contributed by atoms with Gasteiger partial charge in [-0.1, -0.05) is 30.3 Å². The van der Waals surface area contributed by atoms with Gasteiger partial charge >= 0.3 is 19.4 Å². The molecule has 5 rings (SSSR count). The van der Waals surface area contributed by atoms with Gasteiger partial charge in [0.1, 0.15) is 0 Å². The lowest BCUT2D eigenvalue weighted by atomic mass is 9.88. The van der Waals surface area contributed by atoms with Crippen LogP contribution in [-0.2, 0) is 28.5 Å². The number of thiophene rings is 2. The molecule has 1 aliphatic rings. The minimum absolute atomic E-state index is 0.194. The van der Waals surface area contributed by atoms with E-state index in [0.29, 0.717) is 5.56 Å². The maximum Gasteiger partial charge on any atom is 0.505 e. The summed E-state index contributed by atoms with van der Waals surface area (Å²) in [6, 6.07) is 27.4. The van der Waals surface area contributed by atoms with Crippen molar-refractivity contribution in [3.63, 3.8) is 0 Å². The zero-order valence-electron chi connectivity index (χ0n) is 23.2. The fourth-order valence-corrected chi connectivity index (χ4v) is 4.83. The summed E-state index contributed by atoms with van der Waals surface area (Å²) in [5.41, 5.74) is 2.13. The highest BCUT2D eigenvalue weighted by atomic mass is 127. The van der Waals surface area contributed by atoms with Crippen LogP contribution in [0.3, 0.4) is 0 Å². The highest BCUT2D eigenvalue weighted by Gasteiger charge is 2.52. The Labute approximate surface area is 266 Å². The second kappa shape index (κ2) is 18.7. The van der Waals surface area contributed by atoms with Crippen molar-refractivity contribution in [2.75, 3.05) is 0 Å². The van der Waals surface area contributed by atoms with E-state index in [1.807, 2.05) is 77.5 Å². The van der Waals surface area contributed by atoms with Crippen LogP contribution >= 0.6 is 45.3 Å². The summed E-state index contributed by atoms with van der Waals surface area (Å²) < 4.78 is 14.1. The summed E-state index contributed by atoms with van der Waals surface area (Å²) in [7, 11) is -0.194. The summed E-state index contributed by atoms with van der Waals surface area (Å²) >= 11 is 5.58. The van der Waals surface area contributed by atoms with Gasteiger partial charge in [0.05, 0.1) is 34.5 Å². The molecule has 0 bridgehead atoms. The van der Waals surface area contributed by atoms with E-state index in [4.69, 9.17) is 39.0 Å². The van der Waals surface area contributed by atoms with E-state index in [0.717, 1.165) is 13.9 Å². The van der Waals surface area contributed by atoms with Crippen molar-refractivity contribution in [3.05, 3.63) is 98.3 Å². The number of halogens is 1. The number of nitriles is 2. The van der Waals surface area contributed by atoms with Crippen molar-refractivity contribution < 1.29 is 28.5 Å². The molecule has 1 fully saturated rings. The maximum atomic E-state index is 8.61. The van der Waals surface area contributed by atoms with Crippen LogP contribution < -0.4 is 4.78 Å². The first kappa shape index (κ1) is 36.3. The van der Waals surface area contributed by atoms with Crippen LogP contribution in [0.1, 0.15) is 38.8 Å². The topological polar surface area (TPSA) is 134 Å². The predicted octanol–water partition coefficient (Wildman–Crippen LogP) is 6.33. The molecular formula is C30H26BIN2O6S2. The number of hydrogen-bond acceptors (Lipinski definition) is 10. The molecular weight excluding hydrogens is 686 g/mol. The molecule has 8 nitrogen and oxygen atoms in total. The van der Waals surface area contributed by atoms with Crippen molar-refractivity contribution >= 4 is 69.5 Å². The largest absolute Gasteiger partial charge is 0.505 e. The number of rotatable bonds is 2. The first-order valence-corrected chi connectivity index (χ1v) is 14.9. The summed E-state index contributed by atoms with van der Waals surface area (Å²) in [4.78, 5) is 33.7. The van der Waals surface area contributed by atoms with Gasteiger partial charge < -0.3 is 9.31 Å². The van der Waals surface area contributed by atoms with Crippen molar-refractivity contribution in [2.24, 2.45) is 0 Å². The van der Waals surface area contributed by atoms with Crippen LogP contribution in [0.5, 0.6) is 0 Å². The fourth-order valence-electron chi connectivity index (χ4n) is 3.06. The summed E-state index contributed by atoms with van der Waals surface area (Å²) in [6.45, 7) is 8.28. The first-order chi connectivity index (χ1) is 20.0. The van der Waals surface area contributed by atoms with E-state index in [1.165, 1.54) is 10.4 Å². The predicted molar refractivity (Wildman–Crippen MR) is 168 cm³/mol. The highest BCUT2D eigenvalue weighted by molar-refractivity contribution is 14.1. The minimum Gasteiger partial charge on any atom is -0.399 e. The molecule has 0 atom stereocenters. The second-order valence-corrected chi connectivity index (χ2v) is 12.2. The van der Waals surface area contributed by atoms with E-state index in [9.17, 15) is 0 Å². The molecule has 42 heavy (non-hydrogen) atoms. The van der Waals surface area contributed by atoms with Crippen LogP contribution in [-0.4, -0.2) is 30.6 Å². The minimum atomic E-state index is -0.234. The fraction of sp³-hybridized carbons (Fsp3) is 0.200. The zero-order valence-corrected chi connectivity index (χ0v) is 27.0. The zero-order chi connectivity index (χ0) is 31.6. The monoisotopic (exact) mass is 712 g/mol. The van der Waals surface area contributed by atoms with Gasteiger partial charge in [-0.05, 0) is 109 Å². The van der Waals surface area contributed by atoms with Crippen LogP contribution in [0.4, 0.5) is 0 Å². The van der Waals surface area contributed by atoms with Crippen molar-refractivity contribution in [2.45, 2.75) is 38.9 Å². The molecule has 0 unspecified atom stereocenters. The third-order valence-corrected chi connectivity index (χ3v) is 8.35. The van der Waals surface area contributed by atoms with Gasteiger partial charge in [-0.3, -0.25) is 0 Å². The molecule has 4 aromatic rings. The smallest absolute Gasteiger partial charge is 0.399 e. The van der Waals surface area contributed by atoms with E-state index in [1.54, 1.807) is 22.7 Å². The average molecular weight is 712 g/mol. The quantitative estimate of drug-likeness (QED) is 0.174. The van der Waals surface area contributed by atoms with Gasteiger partial charge in [-0.15, -0.1) is 11.3 Å². The molecule has 2 aromatic heterocycles. The first-order valence-electron chi connectivity index (χ1n) is 12.1. The summed E-state index contributed by atoms with van der Waals surface area (Å²) in [5.74, 6) is 0. The van der Waals surface area contributed by atoms with Gasteiger partial charge in [-0.25, -0.2) is 0 Å². The Balaban J connectivity index is 0.000000293. The Morgan fingerprint density at radius 1 is 0.690 bits per heavy atom. The van der Waals surface area contributed by atoms with Crippen LogP contribution in [0.2, 0.25) is 0 Å². The summed E-state index contributed by atoms with van der Waals surface area (Å²) in [6.07, 6.45) is 0.500. The standard InChI is InChI=1S/C11H7NS.C10H15BO2S.C7H4IN.2CO2/c12-8-9-3-5-10(6-4-9)11-2-1-7-13-11;1-9(2)10(3,4)13-11(12-9)8-6-5-7-14-8;8-7-3-1-6(5-9)2-4-7;2*2-1-3/h1-7H;5-7H,1-4H3;1-4H;;. The third-order valence-electron chi connectivity index (χ3n) is 5.82. The van der Waals surface area contributed by atoms with Crippen molar-refractivity contribution in [1.82, 2.24) is 0 Å². The van der Waals surface area contributed by atoms with Crippen LogP contribution in [0.25, 0.3) is 10.4 Å². The van der Waals surface area contributed by atoms with E-state index >= 15 is 0 Å². The number of hydrogen-bond donors (Lipinski definition) is 0.